The van der Waals surface area contributed by atoms with Crippen molar-refractivity contribution >= 4 is 35.4 Å². The van der Waals surface area contributed by atoms with E-state index in [9.17, 15) is 14.4 Å². The zero-order chi connectivity index (χ0) is 22.5. The number of nitrogens with zero attached hydrogens (tertiary/aromatic N) is 2. The Hall–Kier alpha value is -2.71. The van der Waals surface area contributed by atoms with E-state index in [0.717, 1.165) is 16.7 Å². The molecule has 2 heterocycles. The molecule has 31 heavy (non-hydrogen) atoms. The normalized spacial score (nSPS) is 15.4. The molecule has 1 aliphatic rings. The molecule has 1 aliphatic heterocycles. The van der Waals surface area contributed by atoms with Gasteiger partial charge in [-0.25, -0.2) is 4.79 Å². The number of esters is 1. The van der Waals surface area contributed by atoms with Crippen molar-refractivity contribution in [2.75, 3.05) is 32.9 Å². The molecule has 7 nitrogen and oxygen atoms in total. The van der Waals surface area contributed by atoms with Crippen molar-refractivity contribution < 1.29 is 19.1 Å². The number of benzene rings is 1. The third kappa shape index (κ3) is 5.51. The molecule has 1 aromatic carbocycles. The van der Waals surface area contributed by atoms with Crippen LogP contribution in [0.1, 0.15) is 29.2 Å². The number of carbonyl (C=O) groups excluding carboxylic acids is 2. The van der Waals surface area contributed by atoms with Gasteiger partial charge in [0.2, 0.25) is 5.91 Å². The van der Waals surface area contributed by atoms with E-state index in [-0.39, 0.29) is 24.6 Å². The fraction of sp³-hybridized carbons (Fsp3) is 0.435. The molecule has 0 spiro atoms. The first-order valence-electron chi connectivity index (χ1n) is 10.3. The Labute approximate surface area is 185 Å². The Bertz CT molecular complexity index is 1160. The number of amides is 1. The van der Waals surface area contributed by atoms with Crippen LogP contribution in [0.5, 0.6) is 0 Å². The van der Waals surface area contributed by atoms with Gasteiger partial charge in [-0.3, -0.25) is 14.2 Å². The topological polar surface area (TPSA) is 77.8 Å². The highest BCUT2D eigenvalue weighted by molar-refractivity contribution is 7.07. The van der Waals surface area contributed by atoms with Crippen LogP contribution in [0.15, 0.2) is 16.9 Å². The van der Waals surface area contributed by atoms with Crippen LogP contribution in [0.3, 0.4) is 0 Å². The average Bonchev–Trinajstić information content (AvgIpc) is 3.01. The highest BCUT2D eigenvalue weighted by atomic mass is 32.1. The molecule has 0 radical (unpaired) electrons. The monoisotopic (exact) mass is 444 g/mol. The highest BCUT2D eigenvalue weighted by Crippen LogP contribution is 2.15. The first-order chi connectivity index (χ1) is 14.8. The molecule has 1 fully saturated rings. The molecule has 0 unspecified atom stereocenters. The van der Waals surface area contributed by atoms with Crippen molar-refractivity contribution in [3.63, 3.8) is 0 Å². The molecule has 1 saturated heterocycles. The third-order valence-corrected chi connectivity index (χ3v) is 6.35. The van der Waals surface area contributed by atoms with Gasteiger partial charge in [0.15, 0.2) is 0 Å². The van der Waals surface area contributed by atoms with Crippen LogP contribution in [-0.2, 0) is 25.6 Å². The number of thiazole rings is 1. The number of ether oxygens (including phenoxy) is 2. The van der Waals surface area contributed by atoms with Crippen molar-refractivity contribution in [3.8, 4) is 0 Å². The van der Waals surface area contributed by atoms with E-state index in [1.54, 1.807) is 11.8 Å². The molecule has 3 rings (SSSR count). The predicted octanol–water partition coefficient (Wildman–Crippen LogP) is 0.866. The Balaban J connectivity index is 2.08. The Morgan fingerprint density at radius 1 is 1.13 bits per heavy atom. The lowest BCUT2D eigenvalue weighted by Gasteiger charge is -2.26. The van der Waals surface area contributed by atoms with E-state index in [1.807, 2.05) is 32.9 Å². The molecule has 0 saturated carbocycles. The smallest absolute Gasteiger partial charge is 0.333 e. The van der Waals surface area contributed by atoms with E-state index in [1.165, 1.54) is 27.5 Å². The van der Waals surface area contributed by atoms with Gasteiger partial charge < -0.3 is 14.4 Å². The van der Waals surface area contributed by atoms with Gasteiger partial charge in [0.25, 0.3) is 5.56 Å². The lowest BCUT2D eigenvalue weighted by Crippen LogP contribution is -2.45. The second kappa shape index (κ2) is 10.1. The number of aryl methyl sites for hydroxylation is 3. The van der Waals surface area contributed by atoms with E-state index in [0.29, 0.717) is 35.5 Å². The Kier molecular flexibility index (Phi) is 7.46. The van der Waals surface area contributed by atoms with Crippen molar-refractivity contribution in [1.29, 1.82) is 0 Å². The fourth-order valence-corrected chi connectivity index (χ4v) is 4.43. The first kappa shape index (κ1) is 23.0. The van der Waals surface area contributed by atoms with E-state index in [2.05, 4.69) is 6.07 Å². The fourth-order valence-electron chi connectivity index (χ4n) is 3.41. The molecule has 166 valence electrons. The first-order valence-corrected chi connectivity index (χ1v) is 11.1. The third-order valence-electron chi connectivity index (χ3n) is 5.29. The maximum atomic E-state index is 13.2. The molecule has 1 aromatic heterocycles. The average molecular weight is 445 g/mol. The van der Waals surface area contributed by atoms with Gasteiger partial charge >= 0.3 is 5.97 Å². The molecule has 0 atom stereocenters. The summed E-state index contributed by atoms with van der Waals surface area (Å²) in [4.78, 5) is 39.7. The molecule has 0 bridgehead atoms. The van der Waals surface area contributed by atoms with Crippen molar-refractivity contribution in [2.45, 2.75) is 34.2 Å². The summed E-state index contributed by atoms with van der Waals surface area (Å²) in [5, 5.41) is 0. The zero-order valence-corrected chi connectivity index (χ0v) is 19.2. The van der Waals surface area contributed by atoms with Crippen molar-refractivity contribution in [3.05, 3.63) is 53.9 Å². The number of rotatable bonds is 5. The van der Waals surface area contributed by atoms with Crippen LogP contribution < -0.4 is 14.8 Å². The molecule has 2 aromatic rings. The van der Waals surface area contributed by atoms with Gasteiger partial charge in [0.05, 0.1) is 30.4 Å². The number of aromatic nitrogens is 1. The largest absolute Gasteiger partial charge is 0.463 e. The molecule has 8 heteroatoms. The van der Waals surface area contributed by atoms with Crippen LogP contribution in [-0.4, -0.2) is 54.3 Å². The SMILES string of the molecule is CCOC(=O)C=c1sc(=Cc2cc(C)c(C)cc2C)c(=O)n1CC(=O)N1CCOCC1. The second-order valence-corrected chi connectivity index (χ2v) is 8.59. The second-order valence-electron chi connectivity index (χ2n) is 7.52. The minimum absolute atomic E-state index is 0.125. The molecule has 1 amide bonds. The van der Waals surface area contributed by atoms with Crippen molar-refractivity contribution in [1.82, 2.24) is 9.47 Å². The zero-order valence-electron chi connectivity index (χ0n) is 18.4. The van der Waals surface area contributed by atoms with E-state index >= 15 is 0 Å². The van der Waals surface area contributed by atoms with Crippen LogP contribution in [0, 0.1) is 20.8 Å². The maximum Gasteiger partial charge on any atom is 0.333 e. The Morgan fingerprint density at radius 3 is 2.48 bits per heavy atom. The van der Waals surface area contributed by atoms with E-state index in [4.69, 9.17) is 9.47 Å². The summed E-state index contributed by atoms with van der Waals surface area (Å²) < 4.78 is 12.5. The molecular formula is C23H28N2O5S. The summed E-state index contributed by atoms with van der Waals surface area (Å²) >= 11 is 1.19. The van der Waals surface area contributed by atoms with Crippen LogP contribution in [0.2, 0.25) is 0 Å². The number of carbonyl (C=O) groups is 2. The summed E-state index contributed by atoms with van der Waals surface area (Å²) in [6, 6.07) is 4.13. The van der Waals surface area contributed by atoms with E-state index < -0.39 is 5.97 Å². The minimum atomic E-state index is -0.537. The highest BCUT2D eigenvalue weighted by Gasteiger charge is 2.19. The minimum Gasteiger partial charge on any atom is -0.463 e. The Morgan fingerprint density at radius 2 is 1.81 bits per heavy atom. The quantitative estimate of drug-likeness (QED) is 0.640. The summed E-state index contributed by atoms with van der Waals surface area (Å²) in [7, 11) is 0. The lowest BCUT2D eigenvalue weighted by atomic mass is 10.0. The number of hydrogen-bond donors (Lipinski definition) is 0. The van der Waals surface area contributed by atoms with Gasteiger partial charge in [-0.05, 0) is 56.0 Å². The van der Waals surface area contributed by atoms with Gasteiger partial charge in [-0.1, -0.05) is 12.1 Å². The standard InChI is InChI=1S/C23H28N2O5S/c1-5-30-22(27)13-21-25(14-20(26)24-6-8-29-9-7-24)23(28)19(31-21)12-18-11-16(3)15(2)10-17(18)4/h10-13H,5-9,14H2,1-4H3. The van der Waals surface area contributed by atoms with Gasteiger partial charge in [-0.15, -0.1) is 11.3 Å². The molecule has 0 N–H and O–H groups in total. The summed E-state index contributed by atoms with van der Waals surface area (Å²) in [5.41, 5.74) is 4.03. The van der Waals surface area contributed by atoms with Gasteiger partial charge in [-0.2, -0.15) is 0 Å². The van der Waals surface area contributed by atoms with Crippen molar-refractivity contribution in [2.24, 2.45) is 0 Å². The summed E-state index contributed by atoms with van der Waals surface area (Å²) in [6.45, 7) is 9.86. The number of hydrogen-bond acceptors (Lipinski definition) is 6. The predicted molar refractivity (Wildman–Crippen MR) is 121 cm³/mol. The van der Waals surface area contributed by atoms with Gasteiger partial charge in [0, 0.05) is 13.1 Å². The lowest BCUT2D eigenvalue weighted by molar-refractivity contribution is -0.136. The van der Waals surface area contributed by atoms with Gasteiger partial charge in [0.1, 0.15) is 11.2 Å². The summed E-state index contributed by atoms with van der Waals surface area (Å²) in [6.07, 6.45) is 3.11. The van der Waals surface area contributed by atoms with Crippen LogP contribution >= 0.6 is 11.3 Å². The number of morpholine rings is 1. The van der Waals surface area contributed by atoms with Crippen LogP contribution in [0.25, 0.3) is 12.2 Å². The maximum absolute atomic E-state index is 13.2. The molecular weight excluding hydrogens is 416 g/mol. The molecule has 0 aliphatic carbocycles. The summed E-state index contributed by atoms with van der Waals surface area (Å²) in [5.74, 6) is -0.708. The van der Waals surface area contributed by atoms with Crippen LogP contribution in [0.4, 0.5) is 0 Å².